The van der Waals surface area contributed by atoms with Crippen molar-refractivity contribution in [3.05, 3.63) is 51.5 Å². The fourth-order valence-electron chi connectivity index (χ4n) is 2.17. The van der Waals surface area contributed by atoms with Gasteiger partial charge in [0.15, 0.2) is 0 Å². The molecule has 19 heavy (non-hydrogen) atoms. The van der Waals surface area contributed by atoms with E-state index in [4.69, 9.17) is 5.84 Å². The van der Waals surface area contributed by atoms with Crippen molar-refractivity contribution in [2.45, 2.75) is 39.2 Å². The number of rotatable bonds is 6. The molecular weight excluding hydrogens is 254 g/mol. The van der Waals surface area contributed by atoms with Gasteiger partial charge in [-0.3, -0.25) is 16.3 Å². The van der Waals surface area contributed by atoms with Crippen LogP contribution in [0, 0.1) is 0 Å². The number of thiophene rings is 1. The monoisotopic (exact) mass is 275 g/mol. The van der Waals surface area contributed by atoms with Gasteiger partial charge in [0.1, 0.15) is 0 Å². The molecule has 0 aliphatic carbocycles. The van der Waals surface area contributed by atoms with Gasteiger partial charge in [0, 0.05) is 23.2 Å². The van der Waals surface area contributed by atoms with Crippen LogP contribution in [0.2, 0.25) is 0 Å². The van der Waals surface area contributed by atoms with E-state index in [-0.39, 0.29) is 6.04 Å². The third-order valence-electron chi connectivity index (χ3n) is 3.39. The molecule has 102 valence electrons. The van der Waals surface area contributed by atoms with Crippen molar-refractivity contribution in [2.24, 2.45) is 5.84 Å². The van der Waals surface area contributed by atoms with E-state index in [1.54, 1.807) is 11.3 Å². The van der Waals surface area contributed by atoms with Crippen LogP contribution in [0.4, 0.5) is 0 Å². The molecule has 2 heterocycles. The van der Waals surface area contributed by atoms with Crippen LogP contribution >= 0.6 is 11.3 Å². The summed E-state index contributed by atoms with van der Waals surface area (Å²) in [6.07, 6.45) is 4.85. The van der Waals surface area contributed by atoms with E-state index < -0.39 is 0 Å². The van der Waals surface area contributed by atoms with E-state index in [9.17, 15) is 0 Å². The summed E-state index contributed by atoms with van der Waals surface area (Å²) >= 11 is 1.76. The van der Waals surface area contributed by atoms with E-state index in [1.807, 2.05) is 6.20 Å². The summed E-state index contributed by atoms with van der Waals surface area (Å²) in [5.41, 5.74) is 6.65. The Hall–Kier alpha value is -1.23. The zero-order valence-corrected chi connectivity index (χ0v) is 12.3. The Morgan fingerprint density at radius 2 is 2.11 bits per heavy atom. The summed E-state index contributed by atoms with van der Waals surface area (Å²) in [5.74, 6) is 5.72. The molecule has 2 aromatic rings. The minimum Gasteiger partial charge on any atom is -0.271 e. The van der Waals surface area contributed by atoms with Gasteiger partial charge in [-0.25, -0.2) is 0 Å². The van der Waals surface area contributed by atoms with Gasteiger partial charge in [0.25, 0.3) is 0 Å². The molecule has 0 radical (unpaired) electrons. The van der Waals surface area contributed by atoms with Crippen molar-refractivity contribution >= 4 is 11.3 Å². The molecule has 0 fully saturated rings. The second kappa shape index (κ2) is 6.80. The van der Waals surface area contributed by atoms with Crippen LogP contribution in [0.3, 0.4) is 0 Å². The first-order valence-corrected chi connectivity index (χ1v) is 7.62. The minimum absolute atomic E-state index is 0.148. The fraction of sp³-hybridized carbons (Fsp3) is 0.400. The SMILES string of the molecule is CCc1ccc(CC(NN)c2sccc2CC)nc1. The Bertz CT molecular complexity index is 504. The lowest BCUT2D eigenvalue weighted by molar-refractivity contribution is 0.551. The van der Waals surface area contributed by atoms with Gasteiger partial charge in [-0.15, -0.1) is 11.3 Å². The fourth-order valence-corrected chi connectivity index (χ4v) is 3.23. The van der Waals surface area contributed by atoms with Crippen LogP contribution in [0.1, 0.15) is 41.6 Å². The summed E-state index contributed by atoms with van der Waals surface area (Å²) < 4.78 is 0. The molecule has 0 aromatic carbocycles. The molecule has 0 amide bonds. The molecule has 0 spiro atoms. The van der Waals surface area contributed by atoms with Gasteiger partial charge < -0.3 is 0 Å². The molecule has 3 N–H and O–H groups in total. The first kappa shape index (κ1) is 14.2. The zero-order valence-electron chi connectivity index (χ0n) is 11.5. The van der Waals surface area contributed by atoms with Gasteiger partial charge in [-0.05, 0) is 41.5 Å². The molecule has 0 saturated heterocycles. The Morgan fingerprint density at radius 1 is 1.26 bits per heavy atom. The highest BCUT2D eigenvalue weighted by molar-refractivity contribution is 7.10. The highest BCUT2D eigenvalue weighted by Gasteiger charge is 2.16. The maximum absolute atomic E-state index is 5.72. The summed E-state index contributed by atoms with van der Waals surface area (Å²) in [6.45, 7) is 4.31. The van der Waals surface area contributed by atoms with E-state index in [0.717, 1.165) is 25.0 Å². The van der Waals surface area contributed by atoms with Gasteiger partial charge in [0.05, 0.1) is 6.04 Å². The Balaban J connectivity index is 2.14. The highest BCUT2D eigenvalue weighted by Crippen LogP contribution is 2.26. The van der Waals surface area contributed by atoms with E-state index >= 15 is 0 Å². The average Bonchev–Trinajstić information content (AvgIpc) is 2.93. The van der Waals surface area contributed by atoms with Crippen LogP contribution < -0.4 is 11.3 Å². The first-order chi connectivity index (χ1) is 9.28. The number of hydrazine groups is 1. The summed E-state index contributed by atoms with van der Waals surface area (Å²) in [4.78, 5) is 5.84. The average molecular weight is 275 g/mol. The smallest absolute Gasteiger partial charge is 0.0611 e. The van der Waals surface area contributed by atoms with Crippen LogP contribution in [-0.2, 0) is 19.3 Å². The molecule has 1 unspecified atom stereocenters. The summed E-state index contributed by atoms with van der Waals surface area (Å²) in [7, 11) is 0. The molecule has 0 aliphatic rings. The summed E-state index contributed by atoms with van der Waals surface area (Å²) in [5, 5.41) is 2.13. The number of aromatic nitrogens is 1. The Morgan fingerprint density at radius 3 is 2.68 bits per heavy atom. The van der Waals surface area contributed by atoms with Crippen molar-refractivity contribution in [1.82, 2.24) is 10.4 Å². The third kappa shape index (κ3) is 3.41. The molecule has 4 heteroatoms. The first-order valence-electron chi connectivity index (χ1n) is 6.74. The van der Waals surface area contributed by atoms with Crippen LogP contribution in [0.5, 0.6) is 0 Å². The van der Waals surface area contributed by atoms with Crippen LogP contribution in [-0.4, -0.2) is 4.98 Å². The van der Waals surface area contributed by atoms with Gasteiger partial charge in [-0.2, -0.15) is 0 Å². The van der Waals surface area contributed by atoms with E-state index in [1.165, 1.54) is 16.0 Å². The second-order valence-corrected chi connectivity index (χ2v) is 5.55. The highest BCUT2D eigenvalue weighted by atomic mass is 32.1. The Labute approximate surface area is 118 Å². The number of nitrogens with zero attached hydrogens (tertiary/aromatic N) is 1. The van der Waals surface area contributed by atoms with E-state index in [2.05, 4.69) is 47.8 Å². The topological polar surface area (TPSA) is 50.9 Å². The van der Waals surface area contributed by atoms with Gasteiger partial charge in [-0.1, -0.05) is 19.9 Å². The minimum atomic E-state index is 0.148. The van der Waals surface area contributed by atoms with E-state index in [0.29, 0.717) is 0 Å². The number of aryl methyl sites for hydroxylation is 2. The maximum Gasteiger partial charge on any atom is 0.0611 e. The number of nitrogens with one attached hydrogen (secondary N) is 1. The number of hydrogen-bond donors (Lipinski definition) is 2. The van der Waals surface area contributed by atoms with Gasteiger partial charge >= 0.3 is 0 Å². The third-order valence-corrected chi connectivity index (χ3v) is 4.46. The predicted molar refractivity (Wildman–Crippen MR) is 81.1 cm³/mol. The number of nitrogens with two attached hydrogens (primary N) is 1. The number of hydrogen-bond acceptors (Lipinski definition) is 4. The van der Waals surface area contributed by atoms with Crippen molar-refractivity contribution in [3.63, 3.8) is 0 Å². The lowest BCUT2D eigenvalue weighted by atomic mass is 10.0. The van der Waals surface area contributed by atoms with Crippen molar-refractivity contribution in [1.29, 1.82) is 0 Å². The normalized spacial score (nSPS) is 12.6. The van der Waals surface area contributed by atoms with Crippen molar-refractivity contribution in [2.75, 3.05) is 0 Å². The summed E-state index contributed by atoms with van der Waals surface area (Å²) in [6, 6.07) is 6.57. The lowest BCUT2D eigenvalue weighted by Crippen LogP contribution is -2.29. The Kier molecular flexibility index (Phi) is 5.07. The standard InChI is InChI=1S/C15H21N3S/c1-3-11-5-6-13(17-10-11)9-14(18-16)15-12(4-2)7-8-19-15/h5-8,10,14,18H,3-4,9,16H2,1-2H3. The maximum atomic E-state index is 5.72. The van der Waals surface area contributed by atoms with Crippen molar-refractivity contribution < 1.29 is 0 Å². The number of pyridine rings is 1. The van der Waals surface area contributed by atoms with Crippen LogP contribution in [0.15, 0.2) is 29.8 Å². The molecular formula is C15H21N3S. The van der Waals surface area contributed by atoms with Crippen LogP contribution in [0.25, 0.3) is 0 Å². The quantitative estimate of drug-likeness (QED) is 0.629. The molecule has 3 nitrogen and oxygen atoms in total. The molecule has 0 saturated carbocycles. The lowest BCUT2D eigenvalue weighted by Gasteiger charge is -2.16. The van der Waals surface area contributed by atoms with Crippen molar-refractivity contribution in [3.8, 4) is 0 Å². The second-order valence-electron chi connectivity index (χ2n) is 4.60. The molecule has 2 aromatic heterocycles. The molecule has 1 atom stereocenters. The van der Waals surface area contributed by atoms with Gasteiger partial charge in [0.2, 0.25) is 0 Å². The molecule has 2 rings (SSSR count). The molecule has 0 aliphatic heterocycles. The molecule has 0 bridgehead atoms. The predicted octanol–water partition coefficient (Wildman–Crippen LogP) is 3.02. The largest absolute Gasteiger partial charge is 0.271 e. The zero-order chi connectivity index (χ0) is 13.7.